The molecular weight excluding hydrogens is 232 g/mol. The van der Waals surface area contributed by atoms with E-state index >= 15 is 0 Å². The van der Waals surface area contributed by atoms with Crippen LogP contribution in [0.5, 0.6) is 0 Å². The average molecular weight is 254 g/mol. The first-order valence-electron chi connectivity index (χ1n) is 7.18. The van der Waals surface area contributed by atoms with Crippen molar-refractivity contribution in [2.24, 2.45) is 16.7 Å². The van der Waals surface area contributed by atoms with E-state index in [0.717, 1.165) is 19.3 Å². The molecule has 3 aliphatic carbocycles. The number of aliphatic hydroxyl groups excluding tert-OH is 1. The molecule has 4 heteroatoms. The van der Waals surface area contributed by atoms with Gasteiger partial charge in [-0.3, -0.25) is 0 Å². The van der Waals surface area contributed by atoms with Crippen molar-refractivity contribution in [3.05, 3.63) is 0 Å². The molecule has 1 aliphatic heterocycles. The van der Waals surface area contributed by atoms with Gasteiger partial charge in [-0.05, 0) is 25.7 Å². The Hall–Kier alpha value is -0.160. The van der Waals surface area contributed by atoms with Crippen molar-refractivity contribution < 1.29 is 19.7 Å². The zero-order valence-electron chi connectivity index (χ0n) is 10.9. The first kappa shape index (κ1) is 11.6. The predicted molar refractivity (Wildman–Crippen MR) is 63.8 cm³/mol. The van der Waals surface area contributed by atoms with E-state index in [-0.39, 0.29) is 17.9 Å². The third-order valence-corrected chi connectivity index (χ3v) is 6.65. The van der Waals surface area contributed by atoms with E-state index < -0.39 is 16.8 Å². The van der Waals surface area contributed by atoms with Gasteiger partial charge in [0.15, 0.2) is 5.79 Å². The molecule has 1 saturated heterocycles. The maximum absolute atomic E-state index is 10.8. The Morgan fingerprint density at radius 2 is 1.94 bits per heavy atom. The van der Waals surface area contributed by atoms with E-state index in [9.17, 15) is 10.2 Å². The van der Waals surface area contributed by atoms with E-state index in [4.69, 9.17) is 9.47 Å². The Morgan fingerprint density at radius 3 is 2.61 bits per heavy atom. The van der Waals surface area contributed by atoms with Crippen molar-refractivity contribution in [2.45, 2.75) is 50.4 Å². The SMILES string of the molecule is C[C@]1(O)[C@H]2CCCC[C@]23C2(C[C@]13CO)OCCO2. The van der Waals surface area contributed by atoms with Crippen LogP contribution in [0.25, 0.3) is 0 Å². The lowest BCUT2D eigenvalue weighted by Crippen LogP contribution is -2.92. The maximum atomic E-state index is 10.8. The van der Waals surface area contributed by atoms with E-state index in [0.29, 0.717) is 19.6 Å². The molecule has 4 fully saturated rings. The number of rotatable bonds is 1. The van der Waals surface area contributed by atoms with Crippen molar-refractivity contribution in [1.82, 2.24) is 0 Å². The van der Waals surface area contributed by atoms with Crippen molar-refractivity contribution in [1.29, 1.82) is 0 Å². The lowest BCUT2D eigenvalue weighted by atomic mass is 9.22. The third kappa shape index (κ3) is 0.830. The summed E-state index contributed by atoms with van der Waals surface area (Å²) >= 11 is 0. The maximum Gasteiger partial charge on any atom is 0.175 e. The molecule has 4 atom stereocenters. The van der Waals surface area contributed by atoms with Crippen LogP contribution in [0.1, 0.15) is 39.0 Å². The van der Waals surface area contributed by atoms with Crippen molar-refractivity contribution >= 4 is 0 Å². The molecule has 2 N–H and O–H groups in total. The van der Waals surface area contributed by atoms with Gasteiger partial charge in [-0.25, -0.2) is 0 Å². The fourth-order valence-corrected chi connectivity index (χ4v) is 5.99. The Morgan fingerprint density at radius 1 is 1.22 bits per heavy atom. The van der Waals surface area contributed by atoms with Crippen LogP contribution >= 0.6 is 0 Å². The van der Waals surface area contributed by atoms with Gasteiger partial charge in [-0.1, -0.05) is 12.8 Å². The fraction of sp³-hybridized carbons (Fsp3) is 1.00. The first-order chi connectivity index (χ1) is 8.56. The van der Waals surface area contributed by atoms with Crippen LogP contribution in [0, 0.1) is 16.7 Å². The van der Waals surface area contributed by atoms with Gasteiger partial charge in [0.2, 0.25) is 0 Å². The molecule has 4 aliphatic rings. The van der Waals surface area contributed by atoms with E-state index in [1.165, 1.54) is 6.42 Å². The van der Waals surface area contributed by atoms with Crippen LogP contribution < -0.4 is 0 Å². The molecule has 3 saturated carbocycles. The number of hydrogen-bond donors (Lipinski definition) is 2. The van der Waals surface area contributed by atoms with Crippen molar-refractivity contribution in [3.8, 4) is 0 Å². The highest BCUT2D eigenvalue weighted by molar-refractivity contribution is 5.36. The van der Waals surface area contributed by atoms with E-state index in [1.54, 1.807) is 0 Å². The fourth-order valence-electron chi connectivity index (χ4n) is 5.99. The number of ether oxygens (including phenoxy) is 2. The van der Waals surface area contributed by atoms with Gasteiger partial charge >= 0.3 is 0 Å². The van der Waals surface area contributed by atoms with Gasteiger partial charge in [0, 0.05) is 17.3 Å². The van der Waals surface area contributed by atoms with E-state index in [1.807, 2.05) is 6.92 Å². The molecule has 0 aromatic carbocycles. The molecular formula is C14H22O4. The lowest BCUT2D eigenvalue weighted by molar-refractivity contribution is -0.504. The van der Waals surface area contributed by atoms with E-state index in [2.05, 4.69) is 0 Å². The molecule has 18 heavy (non-hydrogen) atoms. The Kier molecular flexibility index (Phi) is 2.01. The third-order valence-electron chi connectivity index (χ3n) is 6.65. The lowest BCUT2D eigenvalue weighted by Gasteiger charge is -2.85. The molecule has 1 heterocycles. The summed E-state index contributed by atoms with van der Waals surface area (Å²) in [4.78, 5) is 0. The Bertz CT molecular complexity index is 387. The summed E-state index contributed by atoms with van der Waals surface area (Å²) < 4.78 is 11.9. The largest absolute Gasteiger partial charge is 0.396 e. The summed E-state index contributed by atoms with van der Waals surface area (Å²) in [7, 11) is 0. The minimum absolute atomic E-state index is 0.0466. The molecule has 4 rings (SSSR count). The molecule has 2 spiro atoms. The van der Waals surface area contributed by atoms with Gasteiger partial charge in [0.05, 0.1) is 25.4 Å². The van der Waals surface area contributed by atoms with Gasteiger partial charge < -0.3 is 19.7 Å². The van der Waals surface area contributed by atoms with Crippen LogP contribution in [0.3, 0.4) is 0 Å². The minimum Gasteiger partial charge on any atom is -0.396 e. The summed E-state index contributed by atoms with van der Waals surface area (Å²) in [5, 5.41) is 20.7. The normalized spacial score (nSPS) is 56.5. The van der Waals surface area contributed by atoms with Crippen LogP contribution in [0.15, 0.2) is 0 Å². The van der Waals surface area contributed by atoms with Gasteiger partial charge in [-0.15, -0.1) is 0 Å². The van der Waals surface area contributed by atoms with Crippen LogP contribution in [0.2, 0.25) is 0 Å². The van der Waals surface area contributed by atoms with Gasteiger partial charge in [-0.2, -0.15) is 0 Å². The topological polar surface area (TPSA) is 58.9 Å². The molecule has 102 valence electrons. The summed E-state index contributed by atoms with van der Waals surface area (Å²) in [5.74, 6) is -0.277. The summed E-state index contributed by atoms with van der Waals surface area (Å²) in [6.45, 7) is 3.25. The molecule has 0 amide bonds. The minimum atomic E-state index is -0.761. The molecule has 0 bridgehead atoms. The molecule has 0 unspecified atom stereocenters. The molecule has 0 aromatic heterocycles. The summed E-state index contributed by atoms with van der Waals surface area (Å²) in [6.07, 6.45) is 5.03. The van der Waals surface area contributed by atoms with Crippen molar-refractivity contribution in [2.75, 3.05) is 19.8 Å². The highest BCUT2D eigenvalue weighted by Crippen LogP contribution is 2.85. The number of hydrogen-bond acceptors (Lipinski definition) is 4. The Labute approximate surface area is 107 Å². The second-order valence-corrected chi connectivity index (χ2v) is 6.78. The molecule has 0 radical (unpaired) electrons. The van der Waals surface area contributed by atoms with Crippen LogP contribution in [0.4, 0.5) is 0 Å². The zero-order valence-corrected chi connectivity index (χ0v) is 10.9. The highest BCUT2D eigenvalue weighted by atomic mass is 16.7. The summed E-state index contributed by atoms with van der Waals surface area (Å²) in [5.41, 5.74) is -1.29. The second kappa shape index (κ2) is 3.11. The van der Waals surface area contributed by atoms with Gasteiger partial charge in [0.25, 0.3) is 0 Å². The average Bonchev–Trinajstić information content (AvgIpc) is 2.86. The molecule has 4 nitrogen and oxygen atoms in total. The number of aliphatic hydroxyl groups is 2. The highest BCUT2D eigenvalue weighted by Gasteiger charge is 2.92. The van der Waals surface area contributed by atoms with Crippen molar-refractivity contribution in [3.63, 3.8) is 0 Å². The quantitative estimate of drug-likeness (QED) is 0.734. The van der Waals surface area contributed by atoms with Crippen LogP contribution in [-0.4, -0.2) is 41.4 Å². The molecule has 0 aromatic rings. The zero-order chi connectivity index (χ0) is 12.6. The first-order valence-corrected chi connectivity index (χ1v) is 7.18. The van der Waals surface area contributed by atoms with Gasteiger partial charge in [0.1, 0.15) is 0 Å². The monoisotopic (exact) mass is 254 g/mol. The Balaban J connectivity index is 1.81. The van der Waals surface area contributed by atoms with Crippen LogP contribution in [-0.2, 0) is 9.47 Å². The standard InChI is InChI=1S/C14H22O4/c1-11(16)10-4-2-3-5-13(10)12(11,9-15)8-14(13)17-6-7-18-14/h10,15-16H,2-9H2,1H3/t10-,11+,12+,13+/m1/s1. The summed E-state index contributed by atoms with van der Waals surface area (Å²) in [6, 6.07) is 0. The second-order valence-electron chi connectivity index (χ2n) is 6.78. The smallest absolute Gasteiger partial charge is 0.175 e. The predicted octanol–water partition coefficient (Wildman–Crippen LogP) is 1.05.